The van der Waals surface area contributed by atoms with Gasteiger partial charge in [0, 0.05) is 0 Å². The molecule has 0 fully saturated rings. The normalized spacial score (nSPS) is 11.0. The Bertz CT molecular complexity index is 820. The van der Waals surface area contributed by atoms with Crippen LogP contribution in [0.4, 0.5) is 4.39 Å². The van der Waals surface area contributed by atoms with Gasteiger partial charge >= 0.3 is 16.1 Å². The van der Waals surface area contributed by atoms with Crippen molar-refractivity contribution in [1.82, 2.24) is 0 Å². The van der Waals surface area contributed by atoms with Crippen molar-refractivity contribution in [3.05, 3.63) is 58.9 Å². The predicted molar refractivity (Wildman–Crippen MR) is 77.0 cm³/mol. The lowest BCUT2D eigenvalue weighted by atomic mass is 10.2. The lowest BCUT2D eigenvalue weighted by Gasteiger charge is -2.08. The number of methoxy groups -OCH3 is 1. The van der Waals surface area contributed by atoms with Crippen LogP contribution in [0.3, 0.4) is 0 Å². The minimum atomic E-state index is -4.21. The molecular formula is C14H10ClFO5S. The van der Waals surface area contributed by atoms with Crippen LogP contribution in [-0.4, -0.2) is 21.5 Å². The summed E-state index contributed by atoms with van der Waals surface area (Å²) >= 11 is 5.55. The van der Waals surface area contributed by atoms with E-state index in [4.69, 9.17) is 15.8 Å². The Morgan fingerprint density at radius 1 is 1.18 bits per heavy atom. The summed E-state index contributed by atoms with van der Waals surface area (Å²) in [6, 6.07) is 8.35. The molecule has 2 aromatic carbocycles. The first kappa shape index (κ1) is 16.3. The fourth-order valence-electron chi connectivity index (χ4n) is 1.60. The molecule has 116 valence electrons. The van der Waals surface area contributed by atoms with Gasteiger partial charge in [0.25, 0.3) is 0 Å². The van der Waals surface area contributed by atoms with Crippen molar-refractivity contribution in [2.45, 2.75) is 4.90 Å². The summed E-state index contributed by atoms with van der Waals surface area (Å²) in [7, 11) is -3.00. The van der Waals surface area contributed by atoms with E-state index in [0.717, 1.165) is 18.2 Å². The molecule has 0 bridgehead atoms. The van der Waals surface area contributed by atoms with Crippen molar-refractivity contribution in [3.63, 3.8) is 0 Å². The molecule has 0 atom stereocenters. The van der Waals surface area contributed by atoms with Gasteiger partial charge in [-0.2, -0.15) is 8.42 Å². The Hall–Kier alpha value is -2.12. The number of esters is 1. The second kappa shape index (κ2) is 6.33. The maximum Gasteiger partial charge on any atom is 0.339 e. The summed E-state index contributed by atoms with van der Waals surface area (Å²) in [4.78, 5) is 11.1. The highest BCUT2D eigenvalue weighted by Crippen LogP contribution is 2.23. The second-order valence-electron chi connectivity index (χ2n) is 4.13. The molecule has 0 heterocycles. The van der Waals surface area contributed by atoms with Gasteiger partial charge in [-0.25, -0.2) is 9.18 Å². The molecule has 0 spiro atoms. The molecule has 0 saturated carbocycles. The zero-order chi connectivity index (χ0) is 16.3. The van der Waals surface area contributed by atoms with Crippen molar-refractivity contribution in [2.24, 2.45) is 0 Å². The van der Waals surface area contributed by atoms with Crippen LogP contribution in [0.25, 0.3) is 0 Å². The summed E-state index contributed by atoms with van der Waals surface area (Å²) in [5.41, 5.74) is 0.132. The Kier molecular flexibility index (Phi) is 4.68. The van der Waals surface area contributed by atoms with Gasteiger partial charge in [-0.15, -0.1) is 0 Å². The van der Waals surface area contributed by atoms with Crippen molar-refractivity contribution >= 4 is 27.7 Å². The van der Waals surface area contributed by atoms with Gasteiger partial charge in [0.2, 0.25) is 0 Å². The molecular weight excluding hydrogens is 335 g/mol. The second-order valence-corrected chi connectivity index (χ2v) is 6.09. The summed E-state index contributed by atoms with van der Waals surface area (Å²) in [6.07, 6.45) is 0. The highest BCUT2D eigenvalue weighted by atomic mass is 35.5. The average Bonchev–Trinajstić information content (AvgIpc) is 2.49. The van der Waals surface area contributed by atoms with E-state index in [9.17, 15) is 17.6 Å². The molecule has 0 amide bonds. The maximum absolute atomic E-state index is 13.1. The molecule has 0 aliphatic rings. The van der Waals surface area contributed by atoms with Crippen LogP contribution < -0.4 is 4.18 Å². The lowest BCUT2D eigenvalue weighted by molar-refractivity contribution is 0.0600. The van der Waals surface area contributed by atoms with E-state index < -0.39 is 21.9 Å². The standard InChI is InChI=1S/C14H10ClFO5S/c1-20-14(17)9-3-2-4-10(7-9)21-22(18,19)11-5-6-13(16)12(15)8-11/h2-8H,1H3. The molecule has 0 saturated heterocycles. The summed E-state index contributed by atoms with van der Waals surface area (Å²) in [5, 5.41) is -0.340. The van der Waals surface area contributed by atoms with E-state index in [-0.39, 0.29) is 21.2 Å². The maximum atomic E-state index is 13.1. The van der Waals surface area contributed by atoms with Gasteiger partial charge in [-0.1, -0.05) is 17.7 Å². The molecule has 22 heavy (non-hydrogen) atoms. The number of hydrogen-bond acceptors (Lipinski definition) is 5. The monoisotopic (exact) mass is 344 g/mol. The fraction of sp³-hybridized carbons (Fsp3) is 0.0714. The Labute approximate surface area is 131 Å². The van der Waals surface area contributed by atoms with Crippen LogP contribution in [0.5, 0.6) is 5.75 Å². The summed E-state index contributed by atoms with van der Waals surface area (Å²) < 4.78 is 46.7. The van der Waals surface area contributed by atoms with Crippen molar-refractivity contribution < 1.29 is 26.5 Å². The molecule has 0 unspecified atom stereocenters. The Morgan fingerprint density at radius 2 is 1.91 bits per heavy atom. The minimum Gasteiger partial charge on any atom is -0.465 e. The third kappa shape index (κ3) is 3.55. The smallest absolute Gasteiger partial charge is 0.339 e. The summed E-state index contributed by atoms with van der Waals surface area (Å²) in [5.74, 6) is -1.45. The molecule has 0 N–H and O–H groups in total. The molecule has 0 radical (unpaired) electrons. The first-order valence-electron chi connectivity index (χ1n) is 5.91. The first-order chi connectivity index (χ1) is 10.3. The predicted octanol–water partition coefficient (Wildman–Crippen LogP) is 3.03. The van der Waals surface area contributed by atoms with Crippen LogP contribution in [0, 0.1) is 5.82 Å². The van der Waals surface area contributed by atoms with Crippen LogP contribution in [0.2, 0.25) is 5.02 Å². The highest BCUT2D eigenvalue weighted by Gasteiger charge is 2.19. The SMILES string of the molecule is COC(=O)c1cccc(OS(=O)(=O)c2ccc(F)c(Cl)c2)c1. The van der Waals surface area contributed by atoms with Crippen LogP contribution in [0.15, 0.2) is 47.4 Å². The quantitative estimate of drug-likeness (QED) is 0.630. The van der Waals surface area contributed by atoms with Crippen molar-refractivity contribution in [1.29, 1.82) is 0 Å². The van der Waals surface area contributed by atoms with Crippen molar-refractivity contribution in [2.75, 3.05) is 7.11 Å². The van der Waals surface area contributed by atoms with Crippen LogP contribution >= 0.6 is 11.6 Å². The molecule has 0 aliphatic heterocycles. The minimum absolute atomic E-state index is 0.0802. The van der Waals surface area contributed by atoms with E-state index >= 15 is 0 Å². The number of halogens is 2. The van der Waals surface area contributed by atoms with Gasteiger partial charge in [0.05, 0.1) is 17.7 Å². The summed E-state index contributed by atoms with van der Waals surface area (Å²) in [6.45, 7) is 0. The van der Waals surface area contributed by atoms with E-state index in [1.165, 1.54) is 31.4 Å². The van der Waals surface area contributed by atoms with Crippen LogP contribution in [0.1, 0.15) is 10.4 Å². The van der Waals surface area contributed by atoms with E-state index in [2.05, 4.69) is 4.74 Å². The van der Waals surface area contributed by atoms with Crippen molar-refractivity contribution in [3.8, 4) is 5.75 Å². The molecule has 5 nitrogen and oxygen atoms in total. The van der Waals surface area contributed by atoms with Gasteiger partial charge < -0.3 is 8.92 Å². The number of ether oxygens (including phenoxy) is 1. The van der Waals surface area contributed by atoms with E-state index in [1.54, 1.807) is 0 Å². The molecule has 0 aromatic heterocycles. The molecule has 2 aromatic rings. The van der Waals surface area contributed by atoms with E-state index in [1.807, 2.05) is 0 Å². The Balaban J connectivity index is 2.32. The highest BCUT2D eigenvalue weighted by molar-refractivity contribution is 7.87. The topological polar surface area (TPSA) is 69.7 Å². The lowest BCUT2D eigenvalue weighted by Crippen LogP contribution is -2.10. The van der Waals surface area contributed by atoms with Crippen LogP contribution in [-0.2, 0) is 14.9 Å². The average molecular weight is 345 g/mol. The molecule has 8 heteroatoms. The zero-order valence-corrected chi connectivity index (χ0v) is 12.8. The van der Waals surface area contributed by atoms with E-state index in [0.29, 0.717) is 0 Å². The van der Waals surface area contributed by atoms with Gasteiger partial charge in [-0.3, -0.25) is 0 Å². The van der Waals surface area contributed by atoms with Gasteiger partial charge in [0.15, 0.2) is 0 Å². The number of carbonyl (C=O) groups excluding carboxylic acids is 1. The number of rotatable bonds is 4. The Morgan fingerprint density at radius 3 is 2.55 bits per heavy atom. The van der Waals surface area contributed by atoms with Gasteiger partial charge in [-0.05, 0) is 36.4 Å². The number of benzene rings is 2. The largest absolute Gasteiger partial charge is 0.465 e. The van der Waals surface area contributed by atoms with Gasteiger partial charge in [0.1, 0.15) is 16.5 Å². The number of carbonyl (C=O) groups is 1. The third-order valence-electron chi connectivity index (χ3n) is 2.64. The first-order valence-corrected chi connectivity index (χ1v) is 7.70. The number of hydrogen-bond donors (Lipinski definition) is 0. The fourth-order valence-corrected chi connectivity index (χ4v) is 2.80. The third-order valence-corrected chi connectivity index (χ3v) is 4.17. The zero-order valence-electron chi connectivity index (χ0n) is 11.2. The molecule has 2 rings (SSSR count). The molecule has 0 aliphatic carbocycles.